The van der Waals surface area contributed by atoms with Crippen molar-refractivity contribution in [3.05, 3.63) is 27.5 Å². The topological polar surface area (TPSA) is 63.8 Å². The molecule has 0 atom stereocenters. The molecular formula is C10H11F3N6S. The van der Waals surface area contributed by atoms with E-state index in [1.165, 1.54) is 6.21 Å². The molecule has 20 heavy (non-hydrogen) atoms. The Morgan fingerprint density at radius 1 is 1.35 bits per heavy atom. The molecule has 2 rings (SSSR count). The predicted molar refractivity (Wildman–Crippen MR) is 68.1 cm³/mol. The van der Waals surface area contributed by atoms with Crippen molar-refractivity contribution < 1.29 is 13.2 Å². The molecule has 0 fully saturated rings. The molecule has 108 valence electrons. The highest BCUT2D eigenvalue weighted by molar-refractivity contribution is 7.71. The van der Waals surface area contributed by atoms with Crippen LogP contribution in [0.5, 0.6) is 0 Å². The van der Waals surface area contributed by atoms with Gasteiger partial charge in [0.25, 0.3) is 5.82 Å². The van der Waals surface area contributed by atoms with Gasteiger partial charge in [-0.2, -0.15) is 28.0 Å². The van der Waals surface area contributed by atoms with Gasteiger partial charge in [0.2, 0.25) is 4.77 Å². The summed E-state index contributed by atoms with van der Waals surface area (Å²) in [6.07, 6.45) is -3.35. The summed E-state index contributed by atoms with van der Waals surface area (Å²) in [5, 5.41) is 13.1. The average molecular weight is 304 g/mol. The van der Waals surface area contributed by atoms with E-state index in [4.69, 9.17) is 12.2 Å². The highest BCUT2D eigenvalue weighted by Crippen LogP contribution is 2.27. The number of hydrogen-bond donors (Lipinski definition) is 1. The molecule has 2 aromatic rings. The minimum atomic E-state index is -4.63. The van der Waals surface area contributed by atoms with Crippen LogP contribution in [0.15, 0.2) is 5.10 Å². The van der Waals surface area contributed by atoms with Crippen LogP contribution < -0.4 is 0 Å². The Hall–Kier alpha value is -1.97. The summed E-state index contributed by atoms with van der Waals surface area (Å²) < 4.78 is 40.1. The van der Waals surface area contributed by atoms with Crippen molar-refractivity contribution >= 4 is 18.4 Å². The number of nitrogens with zero attached hydrogens (tertiary/aromatic N) is 5. The average Bonchev–Trinajstić information content (AvgIpc) is 2.80. The van der Waals surface area contributed by atoms with Crippen LogP contribution in [0.25, 0.3) is 0 Å². The monoisotopic (exact) mass is 304 g/mol. The lowest BCUT2D eigenvalue weighted by molar-refractivity contribution is -0.147. The third-order valence-electron chi connectivity index (χ3n) is 2.77. The van der Waals surface area contributed by atoms with Gasteiger partial charge in [0.1, 0.15) is 0 Å². The molecule has 0 amide bonds. The van der Waals surface area contributed by atoms with E-state index < -0.39 is 12.0 Å². The molecule has 0 saturated heterocycles. The lowest BCUT2D eigenvalue weighted by Gasteiger charge is -2.03. The maximum absolute atomic E-state index is 12.7. The zero-order valence-electron chi connectivity index (χ0n) is 10.9. The molecule has 2 heterocycles. The fourth-order valence-corrected chi connectivity index (χ4v) is 1.85. The van der Waals surface area contributed by atoms with Crippen LogP contribution in [0.4, 0.5) is 13.2 Å². The number of halogens is 3. The van der Waals surface area contributed by atoms with Crippen molar-refractivity contribution in [1.82, 2.24) is 24.7 Å². The fraction of sp³-hybridized carbons (Fsp3) is 0.400. The molecule has 0 unspecified atom stereocenters. The van der Waals surface area contributed by atoms with Crippen LogP contribution in [-0.2, 0) is 13.2 Å². The number of alkyl halides is 3. The fourth-order valence-electron chi connectivity index (χ4n) is 1.67. The number of H-pyrrole nitrogens is 1. The Morgan fingerprint density at radius 2 is 2.00 bits per heavy atom. The molecule has 0 aliphatic rings. The molecule has 0 aliphatic heterocycles. The van der Waals surface area contributed by atoms with Crippen molar-refractivity contribution in [2.45, 2.75) is 20.0 Å². The molecular weight excluding hydrogens is 293 g/mol. The van der Waals surface area contributed by atoms with E-state index in [1.807, 2.05) is 0 Å². The van der Waals surface area contributed by atoms with Crippen LogP contribution in [0.2, 0.25) is 0 Å². The summed E-state index contributed by atoms with van der Waals surface area (Å²) in [6, 6.07) is 0. The molecule has 2 aromatic heterocycles. The minimum Gasteiger partial charge on any atom is -0.272 e. The largest absolute Gasteiger partial charge is 0.453 e. The smallest absolute Gasteiger partial charge is 0.272 e. The molecule has 1 N–H and O–H groups in total. The Kier molecular flexibility index (Phi) is 3.50. The van der Waals surface area contributed by atoms with Gasteiger partial charge < -0.3 is 0 Å². The zero-order chi connectivity index (χ0) is 15.1. The van der Waals surface area contributed by atoms with E-state index >= 15 is 0 Å². The highest BCUT2D eigenvalue weighted by Gasteiger charge is 2.37. The lowest BCUT2D eigenvalue weighted by Crippen LogP contribution is -2.13. The normalized spacial score (nSPS) is 12.5. The van der Waals surface area contributed by atoms with E-state index in [2.05, 4.69) is 20.4 Å². The van der Waals surface area contributed by atoms with Gasteiger partial charge in [-0.3, -0.25) is 4.68 Å². The molecule has 0 saturated carbocycles. The second kappa shape index (κ2) is 4.85. The van der Waals surface area contributed by atoms with Gasteiger partial charge in [0.05, 0.1) is 11.9 Å². The quantitative estimate of drug-likeness (QED) is 0.683. The van der Waals surface area contributed by atoms with E-state index in [0.717, 1.165) is 5.69 Å². The molecule has 0 bridgehead atoms. The van der Waals surface area contributed by atoms with Crippen molar-refractivity contribution in [2.75, 3.05) is 0 Å². The summed E-state index contributed by atoms with van der Waals surface area (Å²) in [5.74, 6) is -1.20. The summed E-state index contributed by atoms with van der Waals surface area (Å²) in [6.45, 7) is 3.54. The summed E-state index contributed by atoms with van der Waals surface area (Å²) >= 11 is 4.74. The maximum atomic E-state index is 12.7. The van der Waals surface area contributed by atoms with Crippen LogP contribution in [0.3, 0.4) is 0 Å². The Morgan fingerprint density at radius 3 is 2.50 bits per heavy atom. The van der Waals surface area contributed by atoms with Gasteiger partial charge in [0.15, 0.2) is 0 Å². The summed E-state index contributed by atoms with van der Waals surface area (Å²) in [5.41, 5.74) is 2.09. The summed E-state index contributed by atoms with van der Waals surface area (Å²) in [4.78, 5) is 0. The van der Waals surface area contributed by atoms with Gasteiger partial charge >= 0.3 is 6.18 Å². The Bertz CT molecular complexity index is 720. The van der Waals surface area contributed by atoms with E-state index in [-0.39, 0.29) is 4.77 Å². The van der Waals surface area contributed by atoms with Crippen molar-refractivity contribution in [3.8, 4) is 0 Å². The Balaban J connectivity index is 2.47. The van der Waals surface area contributed by atoms with Gasteiger partial charge in [-0.25, -0.2) is 5.10 Å². The first-order valence-corrected chi connectivity index (χ1v) is 5.92. The zero-order valence-corrected chi connectivity index (χ0v) is 11.7. The van der Waals surface area contributed by atoms with Crippen LogP contribution in [0, 0.1) is 18.6 Å². The lowest BCUT2D eigenvalue weighted by atomic mass is 10.2. The first-order chi connectivity index (χ1) is 9.21. The molecule has 0 aromatic carbocycles. The predicted octanol–water partition coefficient (Wildman–Crippen LogP) is 2.19. The number of rotatable bonds is 2. The Labute approximate surface area is 116 Å². The molecule has 0 aliphatic carbocycles. The van der Waals surface area contributed by atoms with Gasteiger partial charge in [0, 0.05) is 18.3 Å². The van der Waals surface area contributed by atoms with Crippen LogP contribution >= 0.6 is 12.2 Å². The first kappa shape index (κ1) is 14.4. The second-order valence-corrected chi connectivity index (χ2v) is 4.50. The highest BCUT2D eigenvalue weighted by atomic mass is 32.1. The first-order valence-electron chi connectivity index (χ1n) is 5.51. The number of hydrogen-bond acceptors (Lipinski definition) is 4. The standard InChI is InChI=1S/C10H11F3N6S/c1-5-7(6(2)18(3)17-5)4-14-19-8(10(11,12)13)15-16-9(19)20/h4H,1-3H3,(H,16,20)/b14-4+. The SMILES string of the molecule is Cc1nn(C)c(C)c1/C=N/n1c(C(F)(F)F)n[nH]c1=S. The minimum absolute atomic E-state index is 0.229. The summed E-state index contributed by atoms with van der Waals surface area (Å²) in [7, 11) is 1.74. The number of aromatic nitrogens is 5. The molecule has 10 heteroatoms. The van der Waals surface area contributed by atoms with Crippen molar-refractivity contribution in [3.63, 3.8) is 0 Å². The number of aryl methyl sites for hydroxylation is 2. The van der Waals surface area contributed by atoms with Gasteiger partial charge in [-0.05, 0) is 26.1 Å². The van der Waals surface area contributed by atoms with E-state index in [1.54, 1.807) is 25.6 Å². The number of nitrogens with one attached hydrogen (secondary N) is 1. The van der Waals surface area contributed by atoms with Gasteiger partial charge in [-0.1, -0.05) is 0 Å². The molecule has 0 spiro atoms. The van der Waals surface area contributed by atoms with Crippen LogP contribution in [0.1, 0.15) is 22.8 Å². The van der Waals surface area contributed by atoms with Crippen molar-refractivity contribution in [2.24, 2.45) is 12.1 Å². The number of aromatic amines is 1. The van der Waals surface area contributed by atoms with Crippen LogP contribution in [-0.4, -0.2) is 30.9 Å². The van der Waals surface area contributed by atoms with E-state index in [9.17, 15) is 13.2 Å². The third kappa shape index (κ3) is 2.50. The van der Waals surface area contributed by atoms with E-state index in [0.29, 0.717) is 15.9 Å². The second-order valence-electron chi connectivity index (χ2n) is 4.11. The molecule has 0 radical (unpaired) electrons. The molecule has 6 nitrogen and oxygen atoms in total. The van der Waals surface area contributed by atoms with Gasteiger partial charge in [-0.15, -0.1) is 5.10 Å². The third-order valence-corrected chi connectivity index (χ3v) is 3.04. The van der Waals surface area contributed by atoms with Crippen molar-refractivity contribution in [1.29, 1.82) is 0 Å². The maximum Gasteiger partial charge on any atom is 0.453 e.